The van der Waals surface area contributed by atoms with Crippen molar-refractivity contribution in [3.8, 4) is 0 Å². The largest absolute Gasteiger partial charge is 0.444 e. The molecular weight excluding hydrogens is 354 g/mol. The van der Waals surface area contributed by atoms with Gasteiger partial charge in [0.15, 0.2) is 0 Å². The van der Waals surface area contributed by atoms with Gasteiger partial charge in [-0.1, -0.05) is 12.1 Å². The number of rotatable bonds is 7. The summed E-state index contributed by atoms with van der Waals surface area (Å²) < 4.78 is 32.2. The van der Waals surface area contributed by atoms with Gasteiger partial charge in [-0.05, 0) is 50.5 Å². The van der Waals surface area contributed by atoms with E-state index in [2.05, 4.69) is 15.0 Å². The number of sulfonamides is 1. The summed E-state index contributed by atoms with van der Waals surface area (Å²) in [6.07, 6.45) is 4.78. The fourth-order valence-electron chi connectivity index (χ4n) is 2.26. The van der Waals surface area contributed by atoms with E-state index < -0.39 is 10.0 Å². The lowest BCUT2D eigenvalue weighted by atomic mass is 10.2. The Morgan fingerprint density at radius 2 is 1.96 bits per heavy atom. The van der Waals surface area contributed by atoms with Crippen LogP contribution in [0.4, 0.5) is 0 Å². The SMILES string of the molecule is Cc1nc(CNC(=O)C=Cc2ccc(S(=O)(=O)NC3CC3)cc2)oc1C. The van der Waals surface area contributed by atoms with Crippen LogP contribution in [0.3, 0.4) is 0 Å². The molecule has 1 heterocycles. The highest BCUT2D eigenvalue weighted by molar-refractivity contribution is 7.89. The predicted molar refractivity (Wildman–Crippen MR) is 96.6 cm³/mol. The Morgan fingerprint density at radius 3 is 2.54 bits per heavy atom. The molecule has 0 saturated heterocycles. The van der Waals surface area contributed by atoms with E-state index in [-0.39, 0.29) is 23.4 Å². The van der Waals surface area contributed by atoms with Crippen molar-refractivity contribution >= 4 is 22.0 Å². The summed E-state index contributed by atoms with van der Waals surface area (Å²) in [5.74, 6) is 0.904. The molecule has 2 aromatic rings. The van der Waals surface area contributed by atoms with E-state index >= 15 is 0 Å². The number of amides is 1. The number of nitrogens with one attached hydrogen (secondary N) is 2. The highest BCUT2D eigenvalue weighted by Gasteiger charge is 2.27. The maximum atomic E-state index is 12.1. The van der Waals surface area contributed by atoms with Gasteiger partial charge in [0.25, 0.3) is 0 Å². The highest BCUT2D eigenvalue weighted by Crippen LogP contribution is 2.22. The Bertz CT molecular complexity index is 906. The molecule has 0 atom stereocenters. The Hall–Kier alpha value is -2.45. The van der Waals surface area contributed by atoms with Gasteiger partial charge >= 0.3 is 0 Å². The van der Waals surface area contributed by atoms with Crippen molar-refractivity contribution in [1.82, 2.24) is 15.0 Å². The molecule has 0 radical (unpaired) electrons. The summed E-state index contributed by atoms with van der Waals surface area (Å²) in [5.41, 5.74) is 1.53. The molecular formula is C18H21N3O4S. The molecule has 1 aliphatic rings. The molecule has 8 heteroatoms. The van der Waals surface area contributed by atoms with Crippen molar-refractivity contribution in [1.29, 1.82) is 0 Å². The summed E-state index contributed by atoms with van der Waals surface area (Å²) in [6, 6.07) is 6.44. The van der Waals surface area contributed by atoms with Gasteiger partial charge in [-0.15, -0.1) is 0 Å². The fraction of sp³-hybridized carbons (Fsp3) is 0.333. The number of carbonyl (C=O) groups excluding carboxylic acids is 1. The van der Waals surface area contributed by atoms with Gasteiger partial charge in [-0.3, -0.25) is 4.79 Å². The van der Waals surface area contributed by atoms with Gasteiger partial charge in [0.2, 0.25) is 21.8 Å². The second-order valence-electron chi connectivity index (χ2n) is 6.26. The molecule has 1 fully saturated rings. The number of carbonyl (C=O) groups is 1. The second kappa shape index (κ2) is 7.43. The Balaban J connectivity index is 1.55. The fourth-order valence-corrected chi connectivity index (χ4v) is 3.56. The molecule has 0 unspecified atom stereocenters. The van der Waals surface area contributed by atoms with Crippen LogP contribution in [0.1, 0.15) is 35.7 Å². The molecule has 3 rings (SSSR count). The second-order valence-corrected chi connectivity index (χ2v) is 7.98. The molecule has 1 amide bonds. The molecule has 138 valence electrons. The van der Waals surface area contributed by atoms with Crippen molar-refractivity contribution in [2.45, 2.75) is 44.2 Å². The maximum Gasteiger partial charge on any atom is 0.244 e. The van der Waals surface area contributed by atoms with Crippen LogP contribution in [0.2, 0.25) is 0 Å². The summed E-state index contributed by atoms with van der Waals surface area (Å²) in [6.45, 7) is 3.87. The van der Waals surface area contributed by atoms with Gasteiger partial charge in [0, 0.05) is 12.1 Å². The highest BCUT2D eigenvalue weighted by atomic mass is 32.2. The zero-order valence-electron chi connectivity index (χ0n) is 14.7. The van der Waals surface area contributed by atoms with Crippen LogP contribution in [-0.2, 0) is 21.4 Å². The number of benzene rings is 1. The predicted octanol–water partition coefficient (Wildman–Crippen LogP) is 2.06. The van der Waals surface area contributed by atoms with Crippen LogP contribution in [-0.4, -0.2) is 25.4 Å². The van der Waals surface area contributed by atoms with E-state index in [1.807, 2.05) is 13.8 Å². The number of nitrogens with zero attached hydrogens (tertiary/aromatic N) is 1. The topological polar surface area (TPSA) is 101 Å². The summed E-state index contributed by atoms with van der Waals surface area (Å²) in [5, 5.41) is 2.69. The summed E-state index contributed by atoms with van der Waals surface area (Å²) >= 11 is 0. The van der Waals surface area contributed by atoms with Crippen LogP contribution < -0.4 is 10.0 Å². The average Bonchev–Trinajstić information content (AvgIpc) is 3.34. The Kier molecular flexibility index (Phi) is 5.24. The molecule has 0 aliphatic heterocycles. The van der Waals surface area contributed by atoms with Crippen molar-refractivity contribution in [2.24, 2.45) is 0 Å². The van der Waals surface area contributed by atoms with Crippen LogP contribution in [0, 0.1) is 13.8 Å². The number of aryl methyl sites for hydroxylation is 2. The molecule has 2 N–H and O–H groups in total. The lowest BCUT2D eigenvalue weighted by molar-refractivity contribution is -0.116. The van der Waals surface area contributed by atoms with Crippen LogP contribution >= 0.6 is 0 Å². The zero-order chi connectivity index (χ0) is 18.7. The van der Waals surface area contributed by atoms with E-state index in [1.54, 1.807) is 18.2 Å². The van der Waals surface area contributed by atoms with Crippen LogP contribution in [0.15, 0.2) is 39.7 Å². The van der Waals surface area contributed by atoms with Gasteiger partial charge in [0.05, 0.1) is 17.1 Å². The molecule has 1 saturated carbocycles. The smallest absolute Gasteiger partial charge is 0.244 e. The maximum absolute atomic E-state index is 12.1. The van der Waals surface area contributed by atoms with Crippen LogP contribution in [0.5, 0.6) is 0 Å². The third kappa shape index (κ3) is 4.80. The quantitative estimate of drug-likeness (QED) is 0.722. The van der Waals surface area contributed by atoms with Crippen molar-refractivity contribution in [3.05, 3.63) is 53.2 Å². The lowest BCUT2D eigenvalue weighted by Crippen LogP contribution is -2.25. The molecule has 7 nitrogen and oxygen atoms in total. The van der Waals surface area contributed by atoms with E-state index in [0.717, 1.165) is 29.9 Å². The van der Waals surface area contributed by atoms with E-state index in [9.17, 15) is 13.2 Å². The number of hydrogen-bond acceptors (Lipinski definition) is 5. The van der Waals surface area contributed by atoms with Gasteiger partial charge in [-0.2, -0.15) is 0 Å². The number of oxazole rings is 1. The van der Waals surface area contributed by atoms with Gasteiger partial charge in [-0.25, -0.2) is 18.1 Å². The molecule has 1 aliphatic carbocycles. The van der Waals surface area contributed by atoms with Crippen molar-refractivity contribution in [3.63, 3.8) is 0 Å². The molecule has 0 spiro atoms. The minimum absolute atomic E-state index is 0.0690. The first-order valence-corrected chi connectivity index (χ1v) is 9.83. The standard InChI is InChI=1S/C18H21N3O4S/c1-12-13(2)25-18(20-12)11-19-17(22)10-5-14-3-8-16(9-4-14)26(23,24)21-15-6-7-15/h3-5,8-10,15,21H,6-7,11H2,1-2H3,(H,19,22). The van der Waals surface area contributed by atoms with E-state index in [0.29, 0.717) is 5.89 Å². The Labute approximate surface area is 152 Å². The van der Waals surface area contributed by atoms with Crippen molar-refractivity contribution in [2.75, 3.05) is 0 Å². The van der Waals surface area contributed by atoms with Gasteiger partial charge < -0.3 is 9.73 Å². The first kappa shape index (κ1) is 18.3. The average molecular weight is 375 g/mol. The molecule has 1 aromatic heterocycles. The molecule has 0 bridgehead atoms. The van der Waals surface area contributed by atoms with E-state index in [4.69, 9.17) is 4.42 Å². The minimum Gasteiger partial charge on any atom is -0.444 e. The summed E-state index contributed by atoms with van der Waals surface area (Å²) in [7, 11) is -3.46. The van der Waals surface area contributed by atoms with Gasteiger partial charge in [0.1, 0.15) is 5.76 Å². The lowest BCUT2D eigenvalue weighted by Gasteiger charge is -2.05. The Morgan fingerprint density at radius 1 is 1.27 bits per heavy atom. The first-order chi connectivity index (χ1) is 12.3. The first-order valence-electron chi connectivity index (χ1n) is 8.35. The summed E-state index contributed by atoms with van der Waals surface area (Å²) in [4.78, 5) is 16.3. The third-order valence-corrected chi connectivity index (χ3v) is 5.54. The minimum atomic E-state index is -3.46. The zero-order valence-corrected chi connectivity index (χ0v) is 15.5. The number of hydrogen-bond donors (Lipinski definition) is 2. The monoisotopic (exact) mass is 375 g/mol. The number of aromatic nitrogens is 1. The molecule has 1 aromatic carbocycles. The van der Waals surface area contributed by atoms with E-state index in [1.165, 1.54) is 18.2 Å². The molecule has 26 heavy (non-hydrogen) atoms. The third-order valence-electron chi connectivity index (χ3n) is 4.00. The van der Waals surface area contributed by atoms with Crippen LogP contribution in [0.25, 0.3) is 6.08 Å². The van der Waals surface area contributed by atoms with Crippen molar-refractivity contribution < 1.29 is 17.6 Å². The normalized spacial score (nSPS) is 14.7.